The van der Waals surface area contributed by atoms with Crippen molar-refractivity contribution in [2.75, 3.05) is 7.11 Å². The Morgan fingerprint density at radius 3 is 2.47 bits per heavy atom. The summed E-state index contributed by atoms with van der Waals surface area (Å²) in [5, 5.41) is 11.7. The van der Waals surface area contributed by atoms with Crippen LogP contribution in [0.3, 0.4) is 0 Å². The molecule has 0 fully saturated rings. The van der Waals surface area contributed by atoms with E-state index in [1.807, 2.05) is 42.5 Å². The van der Waals surface area contributed by atoms with E-state index in [0.29, 0.717) is 16.2 Å². The van der Waals surface area contributed by atoms with Crippen LogP contribution in [0.4, 0.5) is 5.69 Å². The molecule has 0 unspecified atom stereocenters. The SMILES string of the molecule is COc1cc(/C=C2\Sc3ccccc3C2=O)c([N+](=O)[O-])cc1OCc1ccccc1. The van der Waals surface area contributed by atoms with Gasteiger partial charge in [-0.1, -0.05) is 54.2 Å². The van der Waals surface area contributed by atoms with Gasteiger partial charge < -0.3 is 9.47 Å². The maximum atomic E-state index is 12.6. The maximum absolute atomic E-state index is 12.6. The van der Waals surface area contributed by atoms with Gasteiger partial charge in [-0.3, -0.25) is 14.9 Å². The van der Waals surface area contributed by atoms with Gasteiger partial charge in [-0.15, -0.1) is 0 Å². The molecule has 0 saturated heterocycles. The van der Waals surface area contributed by atoms with Crippen LogP contribution in [0.25, 0.3) is 6.08 Å². The summed E-state index contributed by atoms with van der Waals surface area (Å²) in [6.07, 6.45) is 1.54. The number of fused-ring (bicyclic) bond motifs is 1. The van der Waals surface area contributed by atoms with Crippen LogP contribution in [-0.2, 0) is 6.61 Å². The molecule has 3 aromatic carbocycles. The summed E-state index contributed by atoms with van der Waals surface area (Å²) in [7, 11) is 1.47. The van der Waals surface area contributed by atoms with Gasteiger partial charge in [0.1, 0.15) is 6.61 Å². The number of nitro groups is 1. The summed E-state index contributed by atoms with van der Waals surface area (Å²) < 4.78 is 11.2. The second kappa shape index (κ2) is 8.42. The van der Waals surface area contributed by atoms with Crippen molar-refractivity contribution in [3.63, 3.8) is 0 Å². The zero-order valence-corrected chi connectivity index (χ0v) is 16.8. The highest BCUT2D eigenvalue weighted by Crippen LogP contribution is 2.43. The number of nitro benzene ring substituents is 1. The molecule has 0 bridgehead atoms. The van der Waals surface area contributed by atoms with Gasteiger partial charge in [0.05, 0.1) is 28.6 Å². The van der Waals surface area contributed by atoms with E-state index >= 15 is 0 Å². The molecule has 0 atom stereocenters. The van der Waals surface area contributed by atoms with Crippen LogP contribution in [-0.4, -0.2) is 17.8 Å². The van der Waals surface area contributed by atoms with Crippen LogP contribution in [0, 0.1) is 10.1 Å². The summed E-state index contributed by atoms with van der Waals surface area (Å²) >= 11 is 1.30. The molecule has 0 aliphatic carbocycles. The van der Waals surface area contributed by atoms with Gasteiger partial charge in [0.2, 0.25) is 5.78 Å². The second-order valence-electron chi connectivity index (χ2n) is 6.53. The predicted molar refractivity (Wildman–Crippen MR) is 115 cm³/mol. The van der Waals surface area contributed by atoms with E-state index in [1.54, 1.807) is 12.1 Å². The minimum Gasteiger partial charge on any atom is -0.493 e. The molecule has 0 N–H and O–H groups in total. The molecule has 1 aliphatic heterocycles. The monoisotopic (exact) mass is 419 g/mol. The first-order valence-corrected chi connectivity index (χ1v) is 9.95. The summed E-state index contributed by atoms with van der Waals surface area (Å²) in [6, 6.07) is 19.6. The Kier molecular flexibility index (Phi) is 5.54. The van der Waals surface area contributed by atoms with Crippen molar-refractivity contribution in [1.82, 2.24) is 0 Å². The molecule has 0 amide bonds. The number of benzene rings is 3. The Labute approximate surface area is 177 Å². The van der Waals surface area contributed by atoms with Crippen molar-refractivity contribution in [2.45, 2.75) is 11.5 Å². The standard InChI is InChI=1S/C23H17NO5S/c1-28-19-11-16(12-22-23(25)17-9-5-6-10-21(17)30-22)18(24(26)27)13-20(19)29-14-15-7-3-2-4-8-15/h2-13H,14H2,1H3/b22-12-. The van der Waals surface area contributed by atoms with Crippen molar-refractivity contribution in [2.24, 2.45) is 0 Å². The van der Waals surface area contributed by atoms with Crippen LogP contribution in [0.1, 0.15) is 21.5 Å². The first kappa shape index (κ1) is 19.7. The smallest absolute Gasteiger partial charge is 0.280 e. The van der Waals surface area contributed by atoms with Gasteiger partial charge in [-0.05, 0) is 29.8 Å². The van der Waals surface area contributed by atoms with Crippen LogP contribution in [0.15, 0.2) is 76.5 Å². The number of rotatable bonds is 6. The third kappa shape index (κ3) is 3.92. The molecular weight excluding hydrogens is 402 g/mol. The number of Topliss-reactive ketones (excluding diaryl/α,β-unsaturated/α-hetero) is 1. The number of carbonyl (C=O) groups excluding carboxylic acids is 1. The van der Waals surface area contributed by atoms with Crippen LogP contribution < -0.4 is 9.47 Å². The normalized spacial score (nSPS) is 13.9. The van der Waals surface area contributed by atoms with Crippen molar-refractivity contribution >= 4 is 29.3 Å². The number of thioether (sulfide) groups is 1. The lowest BCUT2D eigenvalue weighted by Gasteiger charge is -2.12. The number of hydrogen-bond acceptors (Lipinski definition) is 6. The molecule has 150 valence electrons. The number of nitrogens with zero attached hydrogens (tertiary/aromatic N) is 1. The summed E-state index contributed by atoms with van der Waals surface area (Å²) in [5.74, 6) is 0.480. The Morgan fingerprint density at radius 1 is 1.03 bits per heavy atom. The molecule has 1 heterocycles. The van der Waals surface area contributed by atoms with Crippen LogP contribution in [0.2, 0.25) is 0 Å². The first-order valence-electron chi connectivity index (χ1n) is 9.13. The largest absolute Gasteiger partial charge is 0.493 e. The molecule has 0 spiro atoms. The Morgan fingerprint density at radius 2 is 1.77 bits per heavy atom. The van der Waals surface area contributed by atoms with Gasteiger partial charge in [-0.2, -0.15) is 0 Å². The second-order valence-corrected chi connectivity index (χ2v) is 7.61. The maximum Gasteiger partial charge on any atom is 0.280 e. The minimum atomic E-state index is -0.488. The van der Waals surface area contributed by atoms with Crippen molar-refractivity contribution in [3.8, 4) is 11.5 Å². The molecule has 0 saturated carbocycles. The molecule has 4 rings (SSSR count). The Balaban J connectivity index is 1.69. The number of allylic oxidation sites excluding steroid dienone is 1. The summed E-state index contributed by atoms with van der Waals surface area (Å²) in [5.41, 5.74) is 1.66. The van der Waals surface area contributed by atoms with Gasteiger partial charge in [0.15, 0.2) is 11.5 Å². The minimum absolute atomic E-state index is 0.145. The lowest BCUT2D eigenvalue weighted by atomic mass is 10.1. The molecular formula is C23H17NO5S. The number of carbonyl (C=O) groups is 1. The third-order valence-corrected chi connectivity index (χ3v) is 5.71. The van der Waals surface area contributed by atoms with Crippen molar-refractivity contribution < 1.29 is 19.2 Å². The fourth-order valence-electron chi connectivity index (χ4n) is 3.12. The van der Waals surface area contributed by atoms with Gasteiger partial charge >= 0.3 is 0 Å². The number of hydrogen-bond donors (Lipinski definition) is 0. The summed E-state index contributed by atoms with van der Waals surface area (Å²) in [4.78, 5) is 25.1. The topological polar surface area (TPSA) is 78.7 Å². The lowest BCUT2D eigenvalue weighted by Crippen LogP contribution is -2.01. The van der Waals surface area contributed by atoms with E-state index in [9.17, 15) is 14.9 Å². The third-order valence-electron chi connectivity index (χ3n) is 4.61. The fraction of sp³-hybridized carbons (Fsp3) is 0.0870. The molecule has 6 nitrogen and oxygen atoms in total. The quantitative estimate of drug-likeness (QED) is 0.298. The molecule has 0 aromatic heterocycles. The first-order chi connectivity index (χ1) is 14.6. The lowest BCUT2D eigenvalue weighted by molar-refractivity contribution is -0.385. The van der Waals surface area contributed by atoms with E-state index in [-0.39, 0.29) is 29.4 Å². The van der Waals surface area contributed by atoms with E-state index in [1.165, 1.54) is 37.1 Å². The highest BCUT2D eigenvalue weighted by atomic mass is 32.2. The summed E-state index contributed by atoms with van der Waals surface area (Å²) in [6.45, 7) is 0.248. The van der Waals surface area contributed by atoms with E-state index in [4.69, 9.17) is 9.47 Å². The van der Waals surface area contributed by atoms with E-state index < -0.39 is 4.92 Å². The highest BCUT2D eigenvalue weighted by Gasteiger charge is 2.27. The predicted octanol–water partition coefficient (Wildman–Crippen LogP) is 5.51. The zero-order chi connectivity index (χ0) is 21.1. The van der Waals surface area contributed by atoms with Gasteiger partial charge in [0.25, 0.3) is 5.69 Å². The Hall–Kier alpha value is -3.58. The van der Waals surface area contributed by atoms with Crippen LogP contribution in [0.5, 0.6) is 11.5 Å². The molecule has 3 aromatic rings. The van der Waals surface area contributed by atoms with Crippen molar-refractivity contribution in [3.05, 3.63) is 98.4 Å². The van der Waals surface area contributed by atoms with E-state index in [0.717, 1.165) is 10.5 Å². The number of ketones is 1. The highest BCUT2D eigenvalue weighted by molar-refractivity contribution is 8.04. The average molecular weight is 419 g/mol. The van der Waals surface area contributed by atoms with Crippen LogP contribution >= 0.6 is 11.8 Å². The number of ether oxygens (including phenoxy) is 2. The fourth-order valence-corrected chi connectivity index (χ4v) is 4.17. The number of methoxy groups -OCH3 is 1. The molecule has 7 heteroatoms. The molecule has 1 aliphatic rings. The molecule has 30 heavy (non-hydrogen) atoms. The average Bonchev–Trinajstić information content (AvgIpc) is 3.08. The molecule has 0 radical (unpaired) electrons. The van der Waals surface area contributed by atoms with Gasteiger partial charge in [-0.25, -0.2) is 0 Å². The Bertz CT molecular complexity index is 1160. The van der Waals surface area contributed by atoms with Crippen molar-refractivity contribution in [1.29, 1.82) is 0 Å². The van der Waals surface area contributed by atoms with Gasteiger partial charge in [0, 0.05) is 10.5 Å². The zero-order valence-electron chi connectivity index (χ0n) is 16.0. The van der Waals surface area contributed by atoms with E-state index in [2.05, 4.69) is 0 Å².